The van der Waals surface area contributed by atoms with Crippen LogP contribution in [0.3, 0.4) is 0 Å². The van der Waals surface area contributed by atoms with E-state index in [-0.39, 0.29) is 0 Å². The first-order valence-corrected chi connectivity index (χ1v) is 6.76. The van der Waals surface area contributed by atoms with Gasteiger partial charge in [-0.25, -0.2) is 4.79 Å². The van der Waals surface area contributed by atoms with Crippen molar-refractivity contribution in [1.82, 2.24) is 4.98 Å². The lowest BCUT2D eigenvalue weighted by molar-refractivity contribution is 0.0696. The Morgan fingerprint density at radius 2 is 1.86 bits per heavy atom. The molecule has 3 rings (SSSR count). The summed E-state index contributed by atoms with van der Waals surface area (Å²) < 4.78 is 0. The second kappa shape index (κ2) is 5.02. The topological polar surface area (TPSA) is 50.2 Å². The van der Waals surface area contributed by atoms with E-state index in [4.69, 9.17) is 0 Å². The quantitative estimate of drug-likeness (QED) is 0.763. The molecule has 3 nitrogen and oxygen atoms in total. The first-order chi connectivity index (χ1) is 10.1. The second-order valence-electron chi connectivity index (χ2n) is 5.20. The normalized spacial score (nSPS) is 10.8. The van der Waals surface area contributed by atoms with Crippen molar-refractivity contribution in [1.29, 1.82) is 0 Å². The molecule has 0 saturated heterocycles. The van der Waals surface area contributed by atoms with Crippen LogP contribution in [0.25, 0.3) is 22.0 Å². The average molecular weight is 277 g/mol. The number of aromatic carboxylic acids is 1. The van der Waals surface area contributed by atoms with Gasteiger partial charge in [0.15, 0.2) is 0 Å². The van der Waals surface area contributed by atoms with Crippen molar-refractivity contribution in [2.45, 2.75) is 13.8 Å². The van der Waals surface area contributed by atoms with Gasteiger partial charge in [-0.3, -0.25) is 4.98 Å². The SMILES string of the molecule is Cc1cc(C)c(-c2ccc3cccnc3c2)cc1C(=O)O. The average Bonchev–Trinajstić information content (AvgIpc) is 2.46. The molecule has 0 amide bonds. The number of carboxylic acids is 1. The van der Waals surface area contributed by atoms with Gasteiger partial charge in [0.25, 0.3) is 0 Å². The zero-order valence-corrected chi connectivity index (χ0v) is 11.9. The second-order valence-corrected chi connectivity index (χ2v) is 5.20. The maximum absolute atomic E-state index is 11.3. The van der Waals surface area contributed by atoms with Gasteiger partial charge in [0.05, 0.1) is 11.1 Å². The summed E-state index contributed by atoms with van der Waals surface area (Å²) in [5.41, 5.74) is 5.02. The molecule has 0 aliphatic carbocycles. The van der Waals surface area contributed by atoms with Crippen LogP contribution in [-0.2, 0) is 0 Å². The third-order valence-electron chi connectivity index (χ3n) is 3.72. The standard InChI is InChI=1S/C18H15NO2/c1-11-8-12(2)16(18(20)21)10-15(11)14-6-5-13-4-3-7-19-17(13)9-14/h3-10H,1-2H3,(H,20,21). The number of fused-ring (bicyclic) bond motifs is 1. The maximum Gasteiger partial charge on any atom is 0.335 e. The van der Waals surface area contributed by atoms with Gasteiger partial charge in [0, 0.05) is 11.6 Å². The minimum absolute atomic E-state index is 0.344. The van der Waals surface area contributed by atoms with E-state index in [0.29, 0.717) is 5.56 Å². The number of aryl methyl sites for hydroxylation is 2. The Labute approximate surface area is 122 Å². The molecule has 104 valence electrons. The summed E-state index contributed by atoms with van der Waals surface area (Å²) >= 11 is 0. The first kappa shape index (κ1) is 13.3. The van der Waals surface area contributed by atoms with Crippen LogP contribution >= 0.6 is 0 Å². The van der Waals surface area contributed by atoms with Gasteiger partial charge >= 0.3 is 5.97 Å². The largest absolute Gasteiger partial charge is 0.478 e. The number of rotatable bonds is 2. The van der Waals surface area contributed by atoms with Crippen molar-refractivity contribution in [3.8, 4) is 11.1 Å². The number of hydrogen-bond donors (Lipinski definition) is 1. The summed E-state index contributed by atoms with van der Waals surface area (Å²) in [7, 11) is 0. The lowest BCUT2D eigenvalue weighted by Gasteiger charge is -2.11. The van der Waals surface area contributed by atoms with Crippen molar-refractivity contribution < 1.29 is 9.90 Å². The molecule has 1 aromatic heterocycles. The number of aromatic nitrogens is 1. The van der Waals surface area contributed by atoms with Gasteiger partial charge in [0.2, 0.25) is 0 Å². The Morgan fingerprint density at radius 3 is 2.62 bits per heavy atom. The molecule has 0 spiro atoms. The van der Waals surface area contributed by atoms with Gasteiger partial charge in [-0.15, -0.1) is 0 Å². The van der Waals surface area contributed by atoms with Crippen molar-refractivity contribution in [3.63, 3.8) is 0 Å². The molecule has 0 aliphatic heterocycles. The molecule has 1 heterocycles. The summed E-state index contributed by atoms with van der Waals surface area (Å²) in [5.74, 6) is -0.896. The van der Waals surface area contributed by atoms with E-state index in [1.54, 1.807) is 12.3 Å². The van der Waals surface area contributed by atoms with Crippen LogP contribution < -0.4 is 0 Å². The molecule has 2 aromatic carbocycles. The lowest BCUT2D eigenvalue weighted by atomic mass is 9.94. The molecule has 3 aromatic rings. The van der Waals surface area contributed by atoms with Crippen LogP contribution in [0, 0.1) is 13.8 Å². The van der Waals surface area contributed by atoms with Crippen LogP contribution in [0.15, 0.2) is 48.7 Å². The van der Waals surface area contributed by atoms with Gasteiger partial charge in [-0.1, -0.05) is 24.3 Å². The molecule has 0 fully saturated rings. The zero-order chi connectivity index (χ0) is 15.0. The highest BCUT2D eigenvalue weighted by molar-refractivity contribution is 5.92. The molecule has 21 heavy (non-hydrogen) atoms. The number of nitrogens with zero attached hydrogens (tertiary/aromatic N) is 1. The fraction of sp³-hybridized carbons (Fsp3) is 0.111. The fourth-order valence-electron chi connectivity index (χ4n) is 2.63. The lowest BCUT2D eigenvalue weighted by Crippen LogP contribution is -2.01. The van der Waals surface area contributed by atoms with Crippen LogP contribution in [-0.4, -0.2) is 16.1 Å². The van der Waals surface area contributed by atoms with E-state index >= 15 is 0 Å². The molecular formula is C18H15NO2. The highest BCUT2D eigenvalue weighted by Gasteiger charge is 2.12. The first-order valence-electron chi connectivity index (χ1n) is 6.76. The zero-order valence-electron chi connectivity index (χ0n) is 11.9. The number of hydrogen-bond acceptors (Lipinski definition) is 2. The van der Waals surface area contributed by atoms with E-state index in [9.17, 15) is 9.90 Å². The van der Waals surface area contributed by atoms with E-state index in [1.165, 1.54) is 0 Å². The van der Waals surface area contributed by atoms with E-state index in [2.05, 4.69) is 4.98 Å². The Morgan fingerprint density at radius 1 is 1.05 bits per heavy atom. The van der Waals surface area contributed by atoms with Gasteiger partial charge < -0.3 is 5.11 Å². The molecule has 0 unspecified atom stereocenters. The molecule has 1 N–H and O–H groups in total. The molecule has 0 saturated carbocycles. The van der Waals surface area contributed by atoms with Gasteiger partial charge in [-0.2, -0.15) is 0 Å². The summed E-state index contributed by atoms with van der Waals surface area (Å²) in [4.78, 5) is 15.7. The van der Waals surface area contributed by atoms with Crippen molar-refractivity contribution in [2.24, 2.45) is 0 Å². The van der Waals surface area contributed by atoms with E-state index in [0.717, 1.165) is 33.2 Å². The van der Waals surface area contributed by atoms with Gasteiger partial charge in [-0.05, 0) is 54.3 Å². The van der Waals surface area contributed by atoms with Crippen LogP contribution in [0.2, 0.25) is 0 Å². The number of carboxylic acid groups (broad SMARTS) is 1. The Hall–Kier alpha value is -2.68. The number of carbonyl (C=O) groups is 1. The van der Waals surface area contributed by atoms with Crippen LogP contribution in [0.4, 0.5) is 0 Å². The minimum Gasteiger partial charge on any atom is -0.478 e. The Balaban J connectivity index is 2.22. The van der Waals surface area contributed by atoms with Crippen LogP contribution in [0.5, 0.6) is 0 Å². The predicted octanol–water partition coefficient (Wildman–Crippen LogP) is 4.22. The summed E-state index contributed by atoms with van der Waals surface area (Å²) in [6.45, 7) is 3.82. The van der Waals surface area contributed by atoms with Crippen molar-refractivity contribution >= 4 is 16.9 Å². The summed E-state index contributed by atoms with van der Waals surface area (Å²) in [6.07, 6.45) is 1.76. The number of benzene rings is 2. The summed E-state index contributed by atoms with van der Waals surface area (Å²) in [6, 6.07) is 13.6. The molecule has 0 bridgehead atoms. The molecule has 0 radical (unpaired) electrons. The minimum atomic E-state index is -0.896. The molecule has 0 aliphatic rings. The summed E-state index contributed by atoms with van der Waals surface area (Å²) in [5, 5.41) is 10.4. The predicted molar refractivity (Wildman–Crippen MR) is 83.6 cm³/mol. The Bertz CT molecular complexity index is 853. The van der Waals surface area contributed by atoms with E-state index in [1.807, 2.05) is 50.2 Å². The highest BCUT2D eigenvalue weighted by atomic mass is 16.4. The smallest absolute Gasteiger partial charge is 0.335 e. The Kier molecular flexibility index (Phi) is 3.18. The third kappa shape index (κ3) is 2.38. The molecule has 3 heteroatoms. The highest BCUT2D eigenvalue weighted by Crippen LogP contribution is 2.28. The maximum atomic E-state index is 11.3. The molecule has 0 atom stereocenters. The fourth-order valence-corrected chi connectivity index (χ4v) is 2.63. The molecular weight excluding hydrogens is 262 g/mol. The number of pyridine rings is 1. The third-order valence-corrected chi connectivity index (χ3v) is 3.72. The van der Waals surface area contributed by atoms with Gasteiger partial charge in [0.1, 0.15) is 0 Å². The van der Waals surface area contributed by atoms with E-state index < -0.39 is 5.97 Å². The monoisotopic (exact) mass is 277 g/mol. The van der Waals surface area contributed by atoms with Crippen molar-refractivity contribution in [3.05, 3.63) is 65.4 Å². The van der Waals surface area contributed by atoms with Crippen molar-refractivity contribution in [2.75, 3.05) is 0 Å². The van der Waals surface area contributed by atoms with Crippen LogP contribution in [0.1, 0.15) is 21.5 Å².